The Morgan fingerprint density at radius 1 is 1.75 bits per heavy atom. The van der Waals surface area contributed by atoms with Gasteiger partial charge >= 0.3 is 6.09 Å². The maximum Gasteiger partial charge on any atom is 0.410 e. The van der Waals surface area contributed by atoms with Crippen LogP contribution >= 0.6 is 11.8 Å². The number of rotatable bonds is 2. The second-order valence-electron chi connectivity index (χ2n) is 3.95. The first kappa shape index (κ1) is 11.4. The molecule has 5 nitrogen and oxygen atoms in total. The summed E-state index contributed by atoms with van der Waals surface area (Å²) in [6.07, 6.45) is 0.189. The summed E-state index contributed by atoms with van der Waals surface area (Å²) in [6.45, 7) is 1.72. The van der Waals surface area contributed by atoms with Gasteiger partial charge in [-0.05, 0) is 13.3 Å². The Bertz CT molecular complexity index is 345. The number of likely N-dealkylation sites (tertiary alicyclic amines) is 1. The SMILES string of the molecule is COC(=O)N1C(C)C(=O)[C@@H]1CC1CSC=N1. The molecule has 0 spiro atoms. The predicted molar refractivity (Wildman–Crippen MR) is 61.9 cm³/mol. The topological polar surface area (TPSA) is 59.0 Å². The van der Waals surface area contributed by atoms with E-state index in [4.69, 9.17) is 0 Å². The molecule has 3 atom stereocenters. The van der Waals surface area contributed by atoms with Crippen molar-refractivity contribution in [2.45, 2.75) is 31.5 Å². The Morgan fingerprint density at radius 3 is 3.06 bits per heavy atom. The van der Waals surface area contributed by atoms with E-state index in [9.17, 15) is 9.59 Å². The summed E-state index contributed by atoms with van der Waals surface area (Å²) in [5.74, 6) is 1.00. The lowest BCUT2D eigenvalue weighted by Crippen LogP contribution is -2.66. The number of aliphatic imine (C=N–C) groups is 1. The first-order chi connectivity index (χ1) is 7.65. The summed E-state index contributed by atoms with van der Waals surface area (Å²) in [4.78, 5) is 28.9. The molecule has 0 N–H and O–H groups in total. The van der Waals surface area contributed by atoms with Crippen molar-refractivity contribution in [1.82, 2.24) is 4.90 Å². The van der Waals surface area contributed by atoms with Crippen molar-refractivity contribution in [2.24, 2.45) is 4.99 Å². The molecular formula is C10H14N2O3S. The third-order valence-electron chi connectivity index (χ3n) is 3.01. The van der Waals surface area contributed by atoms with Gasteiger partial charge in [-0.25, -0.2) is 4.79 Å². The summed E-state index contributed by atoms with van der Waals surface area (Å²) in [5, 5.41) is 0. The Kier molecular flexibility index (Phi) is 3.18. The number of ketones is 1. The van der Waals surface area contributed by atoms with Crippen molar-refractivity contribution in [1.29, 1.82) is 0 Å². The van der Waals surface area contributed by atoms with Gasteiger partial charge in [0.15, 0.2) is 5.78 Å². The van der Waals surface area contributed by atoms with E-state index in [2.05, 4.69) is 9.73 Å². The van der Waals surface area contributed by atoms with E-state index in [0.717, 1.165) is 5.75 Å². The van der Waals surface area contributed by atoms with E-state index in [0.29, 0.717) is 6.42 Å². The van der Waals surface area contributed by atoms with Gasteiger partial charge in [0.25, 0.3) is 0 Å². The van der Waals surface area contributed by atoms with Crippen LogP contribution in [0.4, 0.5) is 4.79 Å². The highest BCUT2D eigenvalue weighted by Crippen LogP contribution is 2.28. The monoisotopic (exact) mass is 242 g/mol. The van der Waals surface area contributed by atoms with Crippen LogP contribution in [0.25, 0.3) is 0 Å². The number of thioether (sulfide) groups is 1. The summed E-state index contributed by atoms with van der Waals surface area (Å²) >= 11 is 1.64. The molecule has 16 heavy (non-hydrogen) atoms. The fraction of sp³-hybridized carbons (Fsp3) is 0.700. The summed E-state index contributed by atoms with van der Waals surface area (Å²) in [7, 11) is 1.33. The van der Waals surface area contributed by atoms with E-state index in [1.165, 1.54) is 12.0 Å². The molecule has 2 aliphatic heterocycles. The largest absolute Gasteiger partial charge is 0.453 e. The van der Waals surface area contributed by atoms with Crippen LogP contribution in [0.1, 0.15) is 13.3 Å². The molecule has 1 saturated heterocycles. The highest BCUT2D eigenvalue weighted by Gasteiger charge is 2.48. The summed E-state index contributed by atoms with van der Waals surface area (Å²) in [5.41, 5.74) is 1.81. The molecule has 1 amide bonds. The number of nitrogens with zero attached hydrogens (tertiary/aromatic N) is 2. The predicted octanol–water partition coefficient (Wildman–Crippen LogP) is 0.928. The molecule has 0 aliphatic carbocycles. The van der Waals surface area contributed by atoms with E-state index in [-0.39, 0.29) is 23.9 Å². The normalized spacial score (nSPS) is 32.8. The zero-order valence-electron chi connectivity index (χ0n) is 9.25. The minimum atomic E-state index is -0.424. The van der Waals surface area contributed by atoms with Gasteiger partial charge in [0, 0.05) is 5.75 Å². The average Bonchev–Trinajstić information content (AvgIpc) is 2.80. The van der Waals surface area contributed by atoms with Gasteiger partial charge in [-0.2, -0.15) is 0 Å². The van der Waals surface area contributed by atoms with Crippen molar-refractivity contribution in [3.63, 3.8) is 0 Å². The van der Waals surface area contributed by atoms with E-state index in [1.54, 1.807) is 24.2 Å². The van der Waals surface area contributed by atoms with Crippen LogP contribution in [0.3, 0.4) is 0 Å². The number of Topliss-reactive ketones (excluding diaryl/α,β-unsaturated/α-hetero) is 1. The smallest absolute Gasteiger partial charge is 0.410 e. The van der Waals surface area contributed by atoms with Crippen LogP contribution in [0.15, 0.2) is 4.99 Å². The van der Waals surface area contributed by atoms with E-state index in [1.807, 2.05) is 0 Å². The lowest BCUT2D eigenvalue weighted by Gasteiger charge is -2.44. The van der Waals surface area contributed by atoms with Crippen LogP contribution in [0.2, 0.25) is 0 Å². The molecular weight excluding hydrogens is 228 g/mol. The second-order valence-corrected chi connectivity index (χ2v) is 4.83. The standard InChI is InChI=1S/C10H14N2O3S/c1-6-9(13)8(12(6)10(14)15-2)3-7-4-16-5-11-7/h5-8H,3-4H2,1-2H3/t6?,7?,8-/m0/s1. The van der Waals surface area contributed by atoms with Gasteiger partial charge in [-0.3, -0.25) is 14.7 Å². The van der Waals surface area contributed by atoms with Gasteiger partial charge in [-0.15, -0.1) is 11.8 Å². The highest BCUT2D eigenvalue weighted by atomic mass is 32.2. The van der Waals surface area contributed by atoms with E-state index >= 15 is 0 Å². The molecule has 2 aliphatic rings. The third-order valence-corrected chi connectivity index (χ3v) is 3.86. The third kappa shape index (κ3) is 1.81. The highest BCUT2D eigenvalue weighted by molar-refractivity contribution is 8.12. The fourth-order valence-electron chi connectivity index (χ4n) is 2.07. The van der Waals surface area contributed by atoms with Crippen molar-refractivity contribution in [3.8, 4) is 0 Å². The van der Waals surface area contributed by atoms with Crippen molar-refractivity contribution >= 4 is 29.2 Å². The van der Waals surface area contributed by atoms with E-state index < -0.39 is 6.09 Å². The Hall–Kier alpha value is -1.04. The molecule has 2 unspecified atom stereocenters. The van der Waals surface area contributed by atoms with Gasteiger partial charge in [0.1, 0.15) is 0 Å². The van der Waals surface area contributed by atoms with Gasteiger partial charge in [-0.1, -0.05) is 0 Å². The molecule has 0 radical (unpaired) electrons. The number of ether oxygens (including phenoxy) is 1. The minimum Gasteiger partial charge on any atom is -0.453 e. The maximum absolute atomic E-state index is 11.7. The number of methoxy groups -OCH3 is 1. The van der Waals surface area contributed by atoms with Gasteiger partial charge < -0.3 is 4.74 Å². The molecule has 0 saturated carbocycles. The molecule has 2 rings (SSSR count). The molecule has 6 heteroatoms. The lowest BCUT2D eigenvalue weighted by molar-refractivity contribution is -0.141. The number of hydrogen-bond acceptors (Lipinski definition) is 5. The van der Waals surface area contributed by atoms with Gasteiger partial charge in [0.2, 0.25) is 0 Å². The second kappa shape index (κ2) is 4.45. The maximum atomic E-state index is 11.7. The lowest BCUT2D eigenvalue weighted by atomic mass is 9.88. The molecule has 2 heterocycles. The number of hydrogen-bond donors (Lipinski definition) is 0. The van der Waals surface area contributed by atoms with Gasteiger partial charge in [0.05, 0.1) is 30.8 Å². The molecule has 88 valence electrons. The zero-order valence-corrected chi connectivity index (χ0v) is 10.1. The quantitative estimate of drug-likeness (QED) is 0.722. The van der Waals surface area contributed by atoms with Crippen molar-refractivity contribution in [3.05, 3.63) is 0 Å². The first-order valence-electron chi connectivity index (χ1n) is 5.18. The zero-order chi connectivity index (χ0) is 11.7. The number of carbonyl (C=O) groups is 2. The molecule has 0 aromatic heterocycles. The molecule has 0 aromatic carbocycles. The van der Waals surface area contributed by atoms with Crippen LogP contribution in [0, 0.1) is 0 Å². The van der Waals surface area contributed by atoms with Crippen LogP contribution in [0.5, 0.6) is 0 Å². The molecule has 1 fully saturated rings. The number of carbonyl (C=O) groups excluding carboxylic acids is 2. The fourth-order valence-corrected chi connectivity index (χ4v) is 2.86. The Labute approximate surface area is 98.2 Å². The molecule has 0 aromatic rings. The van der Waals surface area contributed by atoms with Crippen LogP contribution in [-0.2, 0) is 9.53 Å². The molecule has 0 bridgehead atoms. The van der Waals surface area contributed by atoms with Crippen LogP contribution < -0.4 is 0 Å². The van der Waals surface area contributed by atoms with Crippen molar-refractivity contribution in [2.75, 3.05) is 12.9 Å². The summed E-state index contributed by atoms with van der Waals surface area (Å²) < 4.78 is 4.66. The Morgan fingerprint density at radius 2 is 2.50 bits per heavy atom. The Balaban J connectivity index is 1.99. The average molecular weight is 242 g/mol. The summed E-state index contributed by atoms with van der Waals surface area (Å²) in [6, 6.07) is -0.544. The first-order valence-corrected chi connectivity index (χ1v) is 6.23. The van der Waals surface area contributed by atoms with Crippen LogP contribution in [-0.4, -0.2) is 53.3 Å². The minimum absolute atomic E-state index is 0.109. The number of amides is 1. The van der Waals surface area contributed by atoms with Crippen molar-refractivity contribution < 1.29 is 14.3 Å².